The largest absolute Gasteiger partial charge is 0.368 e. The number of allylic oxidation sites excluding steroid dienone is 2. The first-order valence-electron chi connectivity index (χ1n) is 3.39. The SMILES string of the molecule is C=C(C)S(=O)(=O)C(=O)S(=O)(=O)C(=C)C. The van der Waals surface area contributed by atoms with E-state index in [4.69, 9.17) is 0 Å². The molecule has 0 rings (SSSR count). The lowest BCUT2D eigenvalue weighted by Gasteiger charge is -2.02. The maximum absolute atomic E-state index is 11.1. The lowest BCUT2D eigenvalue weighted by atomic mass is 10.8. The minimum atomic E-state index is -4.46. The van der Waals surface area contributed by atoms with Gasteiger partial charge in [-0.3, -0.25) is 4.79 Å². The molecule has 0 N–H and O–H groups in total. The number of carbonyl (C=O) groups is 1. The summed E-state index contributed by atoms with van der Waals surface area (Å²) >= 11 is 0. The van der Waals surface area contributed by atoms with E-state index < -0.39 is 33.9 Å². The molecule has 0 unspecified atom stereocenters. The van der Waals surface area contributed by atoms with Crippen LogP contribution in [0.1, 0.15) is 13.8 Å². The van der Waals surface area contributed by atoms with E-state index in [1.54, 1.807) is 0 Å². The van der Waals surface area contributed by atoms with Crippen LogP contribution >= 0.6 is 0 Å². The highest BCUT2D eigenvalue weighted by molar-refractivity contribution is 8.33. The monoisotopic (exact) mass is 238 g/mol. The van der Waals surface area contributed by atoms with Crippen molar-refractivity contribution in [3.63, 3.8) is 0 Å². The molecular formula is C7H10O5S2. The fraction of sp³-hybridized carbons (Fsp3) is 0.286. The van der Waals surface area contributed by atoms with Gasteiger partial charge in [0, 0.05) is 9.81 Å². The summed E-state index contributed by atoms with van der Waals surface area (Å²) in [5, 5.41) is 0. The molecule has 0 fully saturated rings. The van der Waals surface area contributed by atoms with E-state index in [0.29, 0.717) is 0 Å². The Kier molecular flexibility index (Phi) is 3.41. The number of rotatable bonds is 2. The Balaban J connectivity index is 5.66. The Bertz CT molecular complexity index is 446. The molecule has 0 aromatic carbocycles. The van der Waals surface area contributed by atoms with Crippen molar-refractivity contribution in [3.8, 4) is 0 Å². The first-order valence-corrected chi connectivity index (χ1v) is 6.36. The Morgan fingerprint density at radius 1 is 0.857 bits per heavy atom. The molecule has 14 heavy (non-hydrogen) atoms. The molecule has 0 aliphatic heterocycles. The average Bonchev–Trinajstić information content (AvgIpc) is 2.02. The van der Waals surface area contributed by atoms with Gasteiger partial charge < -0.3 is 0 Å². The summed E-state index contributed by atoms with van der Waals surface area (Å²) in [5.74, 6) is 0. The second-order valence-corrected chi connectivity index (χ2v) is 7.07. The molecule has 7 heteroatoms. The van der Waals surface area contributed by atoms with Gasteiger partial charge in [-0.15, -0.1) is 0 Å². The van der Waals surface area contributed by atoms with Crippen molar-refractivity contribution in [2.45, 2.75) is 13.8 Å². The smallest absolute Gasteiger partial charge is 0.262 e. The number of carbonyl (C=O) groups excluding carboxylic acids is 1. The van der Waals surface area contributed by atoms with Crippen LogP contribution in [-0.2, 0) is 19.7 Å². The van der Waals surface area contributed by atoms with E-state index in [1.165, 1.54) is 0 Å². The van der Waals surface area contributed by atoms with Crippen LogP contribution in [0.25, 0.3) is 0 Å². The van der Waals surface area contributed by atoms with Crippen LogP contribution in [0.5, 0.6) is 0 Å². The van der Waals surface area contributed by atoms with Crippen molar-refractivity contribution in [2.75, 3.05) is 0 Å². The van der Waals surface area contributed by atoms with Crippen LogP contribution in [0.2, 0.25) is 0 Å². The maximum Gasteiger partial charge on any atom is 0.368 e. The molecule has 0 saturated heterocycles. The lowest BCUT2D eigenvalue weighted by Crippen LogP contribution is -2.23. The van der Waals surface area contributed by atoms with E-state index in [-0.39, 0.29) is 0 Å². The van der Waals surface area contributed by atoms with Crippen molar-refractivity contribution in [2.24, 2.45) is 0 Å². The summed E-state index contributed by atoms with van der Waals surface area (Å²) in [6, 6.07) is 0. The second-order valence-electron chi connectivity index (χ2n) is 2.66. The summed E-state index contributed by atoms with van der Waals surface area (Å²) in [4.78, 5) is 10.1. The molecule has 0 saturated carbocycles. The number of hydrogen-bond donors (Lipinski definition) is 0. The summed E-state index contributed by atoms with van der Waals surface area (Å²) < 4.78 is 42.6. The number of sulfone groups is 2. The van der Waals surface area contributed by atoms with Crippen LogP contribution < -0.4 is 0 Å². The zero-order valence-electron chi connectivity index (χ0n) is 7.77. The van der Waals surface area contributed by atoms with E-state index in [9.17, 15) is 21.6 Å². The molecule has 0 aromatic rings. The van der Waals surface area contributed by atoms with E-state index in [1.807, 2.05) is 0 Å². The quantitative estimate of drug-likeness (QED) is 0.716. The third-order valence-corrected chi connectivity index (χ3v) is 5.39. The molecule has 0 aliphatic rings. The van der Waals surface area contributed by atoms with Crippen LogP contribution in [0.15, 0.2) is 23.0 Å². The second kappa shape index (κ2) is 3.66. The average molecular weight is 238 g/mol. The standard InChI is InChI=1S/C7H10O5S2/c1-5(2)13(9,10)7(8)14(11,12)6(3)4/h1,3H2,2,4H3. The zero-order chi connectivity index (χ0) is 11.7. The van der Waals surface area contributed by atoms with Gasteiger partial charge in [-0.25, -0.2) is 16.8 Å². The predicted octanol–water partition coefficient (Wildman–Crippen LogP) is 1.00. The van der Waals surface area contributed by atoms with Crippen molar-refractivity contribution < 1.29 is 21.6 Å². The molecule has 0 atom stereocenters. The molecule has 0 spiro atoms. The fourth-order valence-corrected chi connectivity index (χ4v) is 3.01. The van der Waals surface area contributed by atoms with Crippen LogP contribution in [-0.4, -0.2) is 21.3 Å². The fourth-order valence-electron chi connectivity index (χ4n) is 0.429. The normalized spacial score (nSPS) is 12.1. The van der Waals surface area contributed by atoms with Crippen molar-refractivity contribution in [1.29, 1.82) is 0 Å². The summed E-state index contributed by atoms with van der Waals surface area (Å²) in [7, 11) is -8.92. The van der Waals surface area contributed by atoms with Crippen LogP contribution in [0, 0.1) is 0 Å². The Morgan fingerprint density at radius 2 is 1.07 bits per heavy atom. The summed E-state index contributed by atoms with van der Waals surface area (Å²) in [5.41, 5.74) is 0. The third-order valence-electron chi connectivity index (χ3n) is 1.36. The van der Waals surface area contributed by atoms with Gasteiger partial charge in [0.05, 0.1) is 0 Å². The van der Waals surface area contributed by atoms with E-state index >= 15 is 0 Å². The van der Waals surface area contributed by atoms with E-state index in [2.05, 4.69) is 13.2 Å². The molecular weight excluding hydrogens is 228 g/mol. The van der Waals surface area contributed by atoms with Crippen LogP contribution in [0.3, 0.4) is 0 Å². The van der Waals surface area contributed by atoms with Gasteiger partial charge in [-0.2, -0.15) is 0 Å². The highest BCUT2D eigenvalue weighted by Gasteiger charge is 2.36. The summed E-state index contributed by atoms with van der Waals surface area (Å²) in [6.45, 7) is 8.12. The minimum absolute atomic E-state index is 0.507. The molecule has 0 heterocycles. The highest BCUT2D eigenvalue weighted by atomic mass is 32.3. The highest BCUT2D eigenvalue weighted by Crippen LogP contribution is 2.15. The molecule has 0 aromatic heterocycles. The van der Waals surface area contributed by atoms with Crippen molar-refractivity contribution >= 4 is 24.1 Å². The van der Waals surface area contributed by atoms with Crippen LogP contribution in [0.4, 0.5) is 4.79 Å². The van der Waals surface area contributed by atoms with Gasteiger partial charge in [0.15, 0.2) is 0 Å². The lowest BCUT2D eigenvalue weighted by molar-refractivity contribution is 0.273. The molecule has 0 amide bonds. The molecule has 0 radical (unpaired) electrons. The van der Waals surface area contributed by atoms with Crippen molar-refractivity contribution in [3.05, 3.63) is 23.0 Å². The maximum atomic E-state index is 11.1. The Morgan fingerprint density at radius 3 is 1.21 bits per heavy atom. The van der Waals surface area contributed by atoms with Gasteiger partial charge in [-0.05, 0) is 13.8 Å². The summed E-state index contributed by atoms with van der Waals surface area (Å²) in [6.07, 6.45) is 0. The van der Waals surface area contributed by atoms with Gasteiger partial charge in [0.1, 0.15) is 0 Å². The first-order chi connectivity index (χ1) is 6.04. The van der Waals surface area contributed by atoms with Gasteiger partial charge in [0.2, 0.25) is 0 Å². The molecule has 0 bridgehead atoms. The van der Waals surface area contributed by atoms with Gasteiger partial charge >= 0.3 is 4.45 Å². The first kappa shape index (κ1) is 13.1. The zero-order valence-corrected chi connectivity index (χ0v) is 9.40. The predicted molar refractivity (Wildman–Crippen MR) is 52.9 cm³/mol. The molecule has 5 nitrogen and oxygen atoms in total. The topological polar surface area (TPSA) is 85.3 Å². The number of hydrogen-bond acceptors (Lipinski definition) is 5. The van der Waals surface area contributed by atoms with Crippen molar-refractivity contribution in [1.82, 2.24) is 0 Å². The Labute approximate surface area is 83.0 Å². The third kappa shape index (κ3) is 2.10. The minimum Gasteiger partial charge on any atom is -0.262 e. The Hall–Kier alpha value is -0.950. The molecule has 80 valence electrons. The van der Waals surface area contributed by atoms with Gasteiger partial charge in [0.25, 0.3) is 19.7 Å². The molecule has 0 aliphatic carbocycles. The van der Waals surface area contributed by atoms with Gasteiger partial charge in [-0.1, -0.05) is 13.2 Å². The van der Waals surface area contributed by atoms with E-state index in [0.717, 1.165) is 13.8 Å².